The summed E-state index contributed by atoms with van der Waals surface area (Å²) >= 11 is 0. The minimum atomic E-state index is -4.37. The van der Waals surface area contributed by atoms with E-state index in [0.29, 0.717) is 12.5 Å². The van der Waals surface area contributed by atoms with E-state index >= 15 is 0 Å². The van der Waals surface area contributed by atoms with Crippen molar-refractivity contribution in [1.82, 2.24) is 15.2 Å². The van der Waals surface area contributed by atoms with E-state index in [1.54, 1.807) is 13.1 Å². The molecule has 10 heteroatoms. The highest BCUT2D eigenvalue weighted by Crippen LogP contribution is 2.19. The second kappa shape index (κ2) is 12.3. The van der Waals surface area contributed by atoms with Gasteiger partial charge in [0.15, 0.2) is 12.6 Å². The zero-order chi connectivity index (χ0) is 19.7. The van der Waals surface area contributed by atoms with Crippen LogP contribution in [0.15, 0.2) is 23.3 Å². The van der Waals surface area contributed by atoms with Crippen molar-refractivity contribution in [1.29, 1.82) is 0 Å². The highest BCUT2D eigenvalue weighted by atomic mass is 127. The molecule has 160 valence electrons. The monoisotopic (exact) mass is 516 g/mol. The molecule has 1 aromatic rings. The van der Waals surface area contributed by atoms with Gasteiger partial charge >= 0.3 is 6.18 Å². The van der Waals surface area contributed by atoms with Gasteiger partial charge in [-0.05, 0) is 30.7 Å². The summed E-state index contributed by atoms with van der Waals surface area (Å²) in [4.78, 5) is 10.3. The van der Waals surface area contributed by atoms with Crippen LogP contribution in [0.3, 0.4) is 0 Å². The molecule has 1 aliphatic rings. The van der Waals surface area contributed by atoms with Crippen LogP contribution in [0.2, 0.25) is 0 Å². The van der Waals surface area contributed by atoms with Crippen molar-refractivity contribution in [3.8, 4) is 5.88 Å². The summed E-state index contributed by atoms with van der Waals surface area (Å²) in [6.45, 7) is 1.71. The molecule has 1 saturated heterocycles. The Morgan fingerprint density at radius 1 is 1.36 bits per heavy atom. The number of aliphatic imine (C=N–C) groups is 1. The Balaban J connectivity index is 0.00000392. The normalized spacial score (nSPS) is 15.7. The highest BCUT2D eigenvalue weighted by Gasteiger charge is 2.28. The molecule has 0 amide bonds. The van der Waals surface area contributed by atoms with Crippen LogP contribution in [0.4, 0.5) is 13.2 Å². The van der Waals surface area contributed by atoms with Gasteiger partial charge in [0.25, 0.3) is 0 Å². The molecule has 1 aromatic heterocycles. The van der Waals surface area contributed by atoms with Crippen LogP contribution in [0.1, 0.15) is 24.8 Å². The lowest BCUT2D eigenvalue weighted by molar-refractivity contribution is -0.154. The number of rotatable bonds is 7. The van der Waals surface area contributed by atoms with Gasteiger partial charge in [-0.25, -0.2) is 4.98 Å². The predicted molar refractivity (Wildman–Crippen MR) is 112 cm³/mol. The minimum absolute atomic E-state index is 0. The lowest BCUT2D eigenvalue weighted by atomic mass is 9.96. The lowest BCUT2D eigenvalue weighted by Gasteiger charge is -2.26. The largest absolute Gasteiger partial charge is 0.468 e. The Morgan fingerprint density at radius 2 is 2.07 bits per heavy atom. The van der Waals surface area contributed by atoms with Crippen molar-refractivity contribution < 1.29 is 22.6 Å². The maximum Gasteiger partial charge on any atom is 0.422 e. The molecule has 0 spiro atoms. The molecule has 0 bridgehead atoms. The predicted octanol–water partition coefficient (Wildman–Crippen LogP) is 3.46. The standard InChI is InChI=1S/C18H27F3N4O2.HI/c1-22-17(25(2)8-5-14-6-9-26-10-7-14)24-12-15-3-4-16(23-11-15)27-13-18(19,20)21;/h3-4,11,14H,5-10,12-13H2,1-2H3,(H,22,24);1H. The molecule has 0 saturated carbocycles. The first-order valence-corrected chi connectivity index (χ1v) is 9.01. The van der Waals surface area contributed by atoms with Crippen molar-refractivity contribution in [2.75, 3.05) is 40.5 Å². The van der Waals surface area contributed by atoms with Gasteiger partial charge in [0, 0.05) is 52.7 Å². The molecular formula is C18H28F3IN4O2. The van der Waals surface area contributed by atoms with Gasteiger partial charge in [-0.15, -0.1) is 24.0 Å². The molecule has 0 atom stereocenters. The molecule has 0 aromatic carbocycles. The molecule has 6 nitrogen and oxygen atoms in total. The fourth-order valence-corrected chi connectivity index (χ4v) is 2.84. The third kappa shape index (κ3) is 9.26. The fourth-order valence-electron chi connectivity index (χ4n) is 2.84. The van der Waals surface area contributed by atoms with Crippen molar-refractivity contribution in [2.45, 2.75) is 32.0 Å². The summed E-state index contributed by atoms with van der Waals surface area (Å²) in [5.74, 6) is 1.40. The van der Waals surface area contributed by atoms with Crippen LogP contribution in [-0.2, 0) is 11.3 Å². The van der Waals surface area contributed by atoms with E-state index in [0.717, 1.165) is 50.5 Å². The number of aromatic nitrogens is 1. The zero-order valence-electron chi connectivity index (χ0n) is 16.2. The Labute approximate surface area is 180 Å². The average molecular weight is 516 g/mol. The van der Waals surface area contributed by atoms with Gasteiger partial charge < -0.3 is 19.7 Å². The third-order valence-electron chi connectivity index (χ3n) is 4.42. The number of pyridine rings is 1. The maximum absolute atomic E-state index is 12.1. The van der Waals surface area contributed by atoms with E-state index in [-0.39, 0.29) is 29.9 Å². The summed E-state index contributed by atoms with van der Waals surface area (Å²) in [5.41, 5.74) is 0.827. The van der Waals surface area contributed by atoms with E-state index in [1.807, 2.05) is 7.05 Å². The summed E-state index contributed by atoms with van der Waals surface area (Å²) in [6.07, 6.45) is 0.424. The SMILES string of the molecule is CN=C(NCc1ccc(OCC(F)(F)F)nc1)N(C)CCC1CCOCC1.I. The lowest BCUT2D eigenvalue weighted by Crippen LogP contribution is -2.39. The molecule has 2 rings (SSSR count). The van der Waals surface area contributed by atoms with Gasteiger partial charge in [-0.2, -0.15) is 13.2 Å². The number of alkyl halides is 3. The van der Waals surface area contributed by atoms with E-state index in [1.165, 1.54) is 12.3 Å². The van der Waals surface area contributed by atoms with E-state index in [4.69, 9.17) is 4.74 Å². The van der Waals surface area contributed by atoms with E-state index < -0.39 is 12.8 Å². The second-order valence-electron chi connectivity index (χ2n) is 6.58. The fraction of sp³-hybridized carbons (Fsp3) is 0.667. The van der Waals surface area contributed by atoms with Crippen LogP contribution in [0.25, 0.3) is 0 Å². The van der Waals surface area contributed by atoms with Gasteiger partial charge in [-0.1, -0.05) is 6.07 Å². The van der Waals surface area contributed by atoms with Gasteiger partial charge in [0.1, 0.15) is 0 Å². The number of hydrogen-bond acceptors (Lipinski definition) is 4. The smallest absolute Gasteiger partial charge is 0.422 e. The topological polar surface area (TPSA) is 59.0 Å². The maximum atomic E-state index is 12.1. The third-order valence-corrected chi connectivity index (χ3v) is 4.42. The van der Waals surface area contributed by atoms with Crippen molar-refractivity contribution in [3.05, 3.63) is 23.9 Å². The second-order valence-corrected chi connectivity index (χ2v) is 6.58. The number of hydrogen-bond donors (Lipinski definition) is 1. The van der Waals surface area contributed by atoms with Gasteiger partial charge in [-0.3, -0.25) is 4.99 Å². The molecule has 0 aliphatic carbocycles. The van der Waals surface area contributed by atoms with Crippen LogP contribution >= 0.6 is 24.0 Å². The summed E-state index contributed by atoms with van der Waals surface area (Å²) in [7, 11) is 3.71. The summed E-state index contributed by atoms with van der Waals surface area (Å²) in [5, 5.41) is 3.24. The Kier molecular flexibility index (Phi) is 10.9. The average Bonchev–Trinajstić information content (AvgIpc) is 2.66. The van der Waals surface area contributed by atoms with Crippen molar-refractivity contribution >= 4 is 29.9 Å². The molecule has 28 heavy (non-hydrogen) atoms. The molecule has 1 N–H and O–H groups in total. The number of guanidine groups is 1. The number of nitrogens with one attached hydrogen (secondary N) is 1. The molecule has 0 unspecified atom stereocenters. The number of nitrogens with zero attached hydrogens (tertiary/aromatic N) is 3. The quantitative estimate of drug-likeness (QED) is 0.342. The van der Waals surface area contributed by atoms with E-state index in [2.05, 4.69) is 24.9 Å². The minimum Gasteiger partial charge on any atom is -0.468 e. The molecule has 0 radical (unpaired) electrons. The first-order chi connectivity index (χ1) is 12.9. The molecule has 1 fully saturated rings. The Bertz CT molecular complexity index is 593. The summed E-state index contributed by atoms with van der Waals surface area (Å²) < 4.78 is 46.4. The highest BCUT2D eigenvalue weighted by molar-refractivity contribution is 14.0. The van der Waals surface area contributed by atoms with E-state index in [9.17, 15) is 13.2 Å². The number of halogens is 4. The summed E-state index contributed by atoms with van der Waals surface area (Å²) in [6, 6.07) is 3.11. The van der Waals surface area contributed by atoms with Crippen LogP contribution in [0.5, 0.6) is 5.88 Å². The first kappa shape index (κ1) is 24.7. The van der Waals surface area contributed by atoms with Crippen LogP contribution < -0.4 is 10.1 Å². The van der Waals surface area contributed by atoms with Crippen molar-refractivity contribution in [2.24, 2.45) is 10.9 Å². The Hall–Kier alpha value is -1.30. The molecule has 2 heterocycles. The van der Waals surface area contributed by atoms with Crippen LogP contribution in [-0.4, -0.2) is 62.5 Å². The zero-order valence-corrected chi connectivity index (χ0v) is 18.5. The molecular weight excluding hydrogens is 488 g/mol. The number of ether oxygens (including phenoxy) is 2. The Morgan fingerprint density at radius 3 is 2.64 bits per heavy atom. The van der Waals surface area contributed by atoms with Crippen LogP contribution in [0, 0.1) is 5.92 Å². The van der Waals surface area contributed by atoms with Gasteiger partial charge in [0.05, 0.1) is 0 Å². The van der Waals surface area contributed by atoms with Gasteiger partial charge in [0.2, 0.25) is 5.88 Å². The first-order valence-electron chi connectivity index (χ1n) is 9.01. The molecule has 1 aliphatic heterocycles. The van der Waals surface area contributed by atoms with Crippen molar-refractivity contribution in [3.63, 3.8) is 0 Å².